The van der Waals surface area contributed by atoms with E-state index in [9.17, 15) is 4.79 Å². The fourth-order valence-corrected chi connectivity index (χ4v) is 2.25. The lowest BCUT2D eigenvalue weighted by Crippen LogP contribution is -2.26. The number of aromatic nitrogens is 2. The van der Waals surface area contributed by atoms with Gasteiger partial charge in [-0.2, -0.15) is 5.10 Å². The maximum absolute atomic E-state index is 11.8. The molecule has 0 bridgehead atoms. The quantitative estimate of drug-likeness (QED) is 0.768. The summed E-state index contributed by atoms with van der Waals surface area (Å²) in [6.07, 6.45) is 1.72. The molecule has 1 saturated heterocycles. The van der Waals surface area contributed by atoms with E-state index in [-0.39, 0.29) is 11.3 Å². The number of amides is 1. The topological polar surface area (TPSA) is 69.8 Å². The van der Waals surface area contributed by atoms with Gasteiger partial charge in [0.05, 0.1) is 17.9 Å². The van der Waals surface area contributed by atoms with Crippen molar-refractivity contribution in [3.8, 4) is 0 Å². The number of carbonyl (C=O) groups excluding carboxylic acids is 1. The third-order valence-corrected chi connectivity index (χ3v) is 3.51. The van der Waals surface area contributed by atoms with Gasteiger partial charge in [-0.05, 0) is 31.5 Å². The Morgan fingerprint density at radius 1 is 1.53 bits per heavy atom. The van der Waals surface area contributed by atoms with Gasteiger partial charge in [-0.25, -0.2) is 0 Å². The van der Waals surface area contributed by atoms with E-state index in [1.54, 1.807) is 0 Å². The first-order valence-electron chi connectivity index (χ1n) is 6.97. The zero-order valence-electron chi connectivity index (χ0n) is 12.0. The van der Waals surface area contributed by atoms with Crippen molar-refractivity contribution in [1.82, 2.24) is 20.8 Å². The second-order valence-corrected chi connectivity index (χ2v) is 6.37. The van der Waals surface area contributed by atoms with Gasteiger partial charge >= 0.3 is 0 Å². The van der Waals surface area contributed by atoms with Crippen molar-refractivity contribution in [3.63, 3.8) is 0 Å². The summed E-state index contributed by atoms with van der Waals surface area (Å²) in [5, 5.41) is 13.5. The molecule has 1 atom stereocenters. The predicted octanol–water partition coefficient (Wildman–Crippen LogP) is 1.32. The first kappa shape index (κ1) is 14.1. The summed E-state index contributed by atoms with van der Waals surface area (Å²) in [4.78, 5) is 11.8. The zero-order chi connectivity index (χ0) is 13.9. The molecule has 19 heavy (non-hydrogen) atoms. The van der Waals surface area contributed by atoms with Crippen molar-refractivity contribution in [3.05, 3.63) is 17.5 Å². The first-order valence-corrected chi connectivity index (χ1v) is 6.97. The van der Waals surface area contributed by atoms with Crippen LogP contribution in [0.4, 0.5) is 0 Å². The maximum atomic E-state index is 11.8. The second kappa shape index (κ2) is 5.74. The molecule has 1 aliphatic rings. The van der Waals surface area contributed by atoms with Gasteiger partial charge < -0.3 is 10.6 Å². The van der Waals surface area contributed by atoms with Crippen molar-refractivity contribution in [2.45, 2.75) is 45.6 Å². The molecular formula is C14H24N4O. The molecule has 5 heteroatoms. The van der Waals surface area contributed by atoms with Crippen LogP contribution in [0.15, 0.2) is 6.07 Å². The second-order valence-electron chi connectivity index (χ2n) is 6.37. The van der Waals surface area contributed by atoms with E-state index < -0.39 is 0 Å². The maximum Gasteiger partial charge on any atom is 0.220 e. The van der Waals surface area contributed by atoms with Crippen LogP contribution in [0.25, 0.3) is 0 Å². The molecular weight excluding hydrogens is 240 g/mol. The minimum atomic E-state index is 0.0360. The molecule has 3 N–H and O–H groups in total. The summed E-state index contributed by atoms with van der Waals surface area (Å²) in [6, 6.07) is 2.03. The minimum Gasteiger partial charge on any atom is -0.350 e. The third-order valence-electron chi connectivity index (χ3n) is 3.51. The largest absolute Gasteiger partial charge is 0.350 e. The molecule has 0 spiro atoms. The molecule has 1 aromatic heterocycles. The summed E-state index contributed by atoms with van der Waals surface area (Å²) < 4.78 is 0. The Hall–Kier alpha value is -1.36. The molecule has 2 heterocycles. The Morgan fingerprint density at radius 2 is 2.32 bits per heavy atom. The van der Waals surface area contributed by atoms with Crippen molar-refractivity contribution in [2.24, 2.45) is 5.92 Å². The Balaban J connectivity index is 1.78. The monoisotopic (exact) mass is 264 g/mol. The molecule has 0 aromatic carbocycles. The minimum absolute atomic E-state index is 0.0360. The summed E-state index contributed by atoms with van der Waals surface area (Å²) in [5.74, 6) is 0.618. The van der Waals surface area contributed by atoms with E-state index in [1.807, 2.05) is 6.07 Å². The van der Waals surface area contributed by atoms with E-state index in [2.05, 4.69) is 41.6 Å². The lowest BCUT2D eigenvalue weighted by Gasteiger charge is -2.13. The van der Waals surface area contributed by atoms with Gasteiger partial charge in [0.25, 0.3) is 0 Å². The van der Waals surface area contributed by atoms with E-state index in [1.165, 1.54) is 0 Å². The van der Waals surface area contributed by atoms with Crippen molar-refractivity contribution >= 4 is 5.91 Å². The molecule has 1 unspecified atom stereocenters. The standard InChI is InChI=1S/C14H24N4O/c1-14(2,3)12-7-11(17-18-12)9-16-13(19)6-10-4-5-15-8-10/h7,10,15H,4-6,8-9H2,1-3H3,(H,16,19)(H,17,18). The molecule has 1 fully saturated rings. The summed E-state index contributed by atoms with van der Waals surface area (Å²) in [5.41, 5.74) is 2.02. The number of hydrogen-bond acceptors (Lipinski definition) is 3. The van der Waals surface area contributed by atoms with Gasteiger partial charge in [-0.3, -0.25) is 9.89 Å². The lowest BCUT2D eigenvalue weighted by molar-refractivity contribution is -0.122. The highest BCUT2D eigenvalue weighted by Gasteiger charge is 2.19. The smallest absolute Gasteiger partial charge is 0.220 e. The van der Waals surface area contributed by atoms with Crippen LogP contribution in [-0.4, -0.2) is 29.2 Å². The average Bonchev–Trinajstić information content (AvgIpc) is 2.95. The summed E-state index contributed by atoms with van der Waals surface area (Å²) in [6.45, 7) is 8.90. The van der Waals surface area contributed by atoms with Crippen LogP contribution >= 0.6 is 0 Å². The fraction of sp³-hybridized carbons (Fsp3) is 0.714. The number of nitrogens with zero attached hydrogens (tertiary/aromatic N) is 1. The lowest BCUT2D eigenvalue weighted by atomic mass is 9.92. The SMILES string of the molecule is CC(C)(C)c1cc(CNC(=O)CC2CCNC2)[nH]n1. The Morgan fingerprint density at radius 3 is 2.89 bits per heavy atom. The van der Waals surface area contributed by atoms with Crippen LogP contribution in [-0.2, 0) is 16.8 Å². The van der Waals surface area contributed by atoms with Crippen LogP contribution < -0.4 is 10.6 Å². The predicted molar refractivity (Wildman–Crippen MR) is 74.7 cm³/mol. The Labute approximate surface area is 114 Å². The molecule has 106 valence electrons. The van der Waals surface area contributed by atoms with E-state index in [0.717, 1.165) is 30.9 Å². The van der Waals surface area contributed by atoms with Crippen LogP contribution in [0.3, 0.4) is 0 Å². The van der Waals surface area contributed by atoms with Crippen LogP contribution in [0.1, 0.15) is 45.0 Å². The molecule has 1 aliphatic heterocycles. The number of H-pyrrole nitrogens is 1. The highest BCUT2D eigenvalue weighted by molar-refractivity contribution is 5.76. The first-order chi connectivity index (χ1) is 8.95. The van der Waals surface area contributed by atoms with Crippen molar-refractivity contribution in [1.29, 1.82) is 0 Å². The van der Waals surface area contributed by atoms with Gasteiger partial charge in [0, 0.05) is 11.8 Å². The normalized spacial score (nSPS) is 19.6. The van der Waals surface area contributed by atoms with Gasteiger partial charge in [0.15, 0.2) is 0 Å². The number of nitrogens with one attached hydrogen (secondary N) is 3. The zero-order valence-corrected chi connectivity index (χ0v) is 12.0. The van der Waals surface area contributed by atoms with Crippen LogP contribution in [0.2, 0.25) is 0 Å². The van der Waals surface area contributed by atoms with Crippen LogP contribution in [0, 0.1) is 5.92 Å². The van der Waals surface area contributed by atoms with Crippen molar-refractivity contribution < 1.29 is 4.79 Å². The van der Waals surface area contributed by atoms with Crippen LogP contribution in [0.5, 0.6) is 0 Å². The van der Waals surface area contributed by atoms with Crippen molar-refractivity contribution in [2.75, 3.05) is 13.1 Å². The van der Waals surface area contributed by atoms with E-state index in [4.69, 9.17) is 0 Å². The molecule has 0 saturated carbocycles. The molecule has 0 radical (unpaired) electrons. The molecule has 1 amide bonds. The molecule has 2 rings (SSSR count). The van der Waals surface area contributed by atoms with E-state index in [0.29, 0.717) is 18.9 Å². The van der Waals surface area contributed by atoms with Gasteiger partial charge in [0.2, 0.25) is 5.91 Å². The summed E-state index contributed by atoms with van der Waals surface area (Å²) >= 11 is 0. The Kier molecular flexibility index (Phi) is 4.24. The number of carbonyl (C=O) groups is 1. The van der Waals surface area contributed by atoms with Gasteiger partial charge in [-0.1, -0.05) is 20.8 Å². The molecule has 0 aliphatic carbocycles. The average molecular weight is 264 g/mol. The molecule has 1 aromatic rings. The van der Waals surface area contributed by atoms with Gasteiger partial charge in [-0.15, -0.1) is 0 Å². The van der Waals surface area contributed by atoms with Gasteiger partial charge in [0.1, 0.15) is 0 Å². The summed E-state index contributed by atoms with van der Waals surface area (Å²) in [7, 11) is 0. The fourth-order valence-electron chi connectivity index (χ4n) is 2.25. The third kappa shape index (κ3) is 4.06. The highest BCUT2D eigenvalue weighted by atomic mass is 16.1. The number of rotatable bonds is 4. The Bertz CT molecular complexity index is 427. The van der Waals surface area contributed by atoms with E-state index >= 15 is 0 Å². The highest BCUT2D eigenvalue weighted by Crippen LogP contribution is 2.20. The number of hydrogen-bond donors (Lipinski definition) is 3. The number of aromatic amines is 1. The molecule has 5 nitrogen and oxygen atoms in total.